The average Bonchev–Trinajstić information content (AvgIpc) is 2.87. The van der Waals surface area contributed by atoms with E-state index in [9.17, 15) is 0 Å². The second kappa shape index (κ2) is 6.18. The molecule has 100 valence electrons. The Morgan fingerprint density at radius 3 is 2.79 bits per heavy atom. The molecule has 1 aliphatic rings. The van der Waals surface area contributed by atoms with Crippen LogP contribution in [0.1, 0.15) is 16.5 Å². The molecular weight excluding hydrogens is 322 g/mol. The second-order valence-electron chi connectivity index (χ2n) is 4.72. The summed E-state index contributed by atoms with van der Waals surface area (Å²) in [5.41, 5.74) is 1.37. The lowest BCUT2D eigenvalue weighted by molar-refractivity contribution is -0.0311. The molecule has 2 aromatic rings. The maximum atomic E-state index is 5.89. The van der Waals surface area contributed by atoms with Gasteiger partial charge in [-0.15, -0.1) is 11.3 Å². The molecule has 2 nitrogen and oxygen atoms in total. The second-order valence-corrected chi connectivity index (χ2v) is 7.22. The molecule has 1 aliphatic heterocycles. The first-order chi connectivity index (χ1) is 9.31. The van der Waals surface area contributed by atoms with E-state index in [-0.39, 0.29) is 6.10 Å². The quantitative estimate of drug-likeness (QED) is 0.836. The molecule has 0 amide bonds. The van der Waals surface area contributed by atoms with Crippen molar-refractivity contribution in [3.8, 4) is 0 Å². The Hall–Kier alpha value is -0.680. The molecule has 1 saturated heterocycles. The zero-order chi connectivity index (χ0) is 13.1. The fourth-order valence-electron chi connectivity index (χ4n) is 2.36. The summed E-state index contributed by atoms with van der Waals surface area (Å²) < 4.78 is 7.07. The molecule has 4 heteroatoms. The number of ether oxygens (including phenoxy) is 1. The summed E-state index contributed by atoms with van der Waals surface area (Å²) in [5.74, 6) is 0. The van der Waals surface area contributed by atoms with E-state index in [0.29, 0.717) is 0 Å². The standard InChI is InChI=1S/C15H16BrNOS/c16-15-7-6-14(19-15)13-11-17(8-9-18-13)10-12-4-2-1-3-5-12/h1-7,13H,8-11H2. The van der Waals surface area contributed by atoms with Crippen LogP contribution >= 0.6 is 27.3 Å². The molecule has 2 heterocycles. The summed E-state index contributed by atoms with van der Waals surface area (Å²) in [6.45, 7) is 3.81. The molecule has 0 bridgehead atoms. The Morgan fingerprint density at radius 1 is 1.21 bits per heavy atom. The molecule has 1 unspecified atom stereocenters. The van der Waals surface area contributed by atoms with E-state index < -0.39 is 0 Å². The predicted octanol–water partition coefficient (Wildman–Crippen LogP) is 4.08. The number of benzene rings is 1. The summed E-state index contributed by atoms with van der Waals surface area (Å²) >= 11 is 5.28. The van der Waals surface area contributed by atoms with Crippen LogP contribution in [0.4, 0.5) is 0 Å². The molecule has 0 N–H and O–H groups in total. The van der Waals surface area contributed by atoms with E-state index >= 15 is 0 Å². The molecule has 1 fully saturated rings. The fourth-order valence-corrected chi connectivity index (χ4v) is 3.83. The number of halogens is 1. The van der Waals surface area contributed by atoms with Crippen LogP contribution in [-0.4, -0.2) is 24.6 Å². The van der Waals surface area contributed by atoms with Crippen molar-refractivity contribution in [2.75, 3.05) is 19.7 Å². The van der Waals surface area contributed by atoms with Crippen molar-refractivity contribution in [2.24, 2.45) is 0 Å². The first kappa shape index (κ1) is 13.3. The van der Waals surface area contributed by atoms with Gasteiger partial charge in [-0.25, -0.2) is 0 Å². The minimum absolute atomic E-state index is 0.216. The molecule has 19 heavy (non-hydrogen) atoms. The number of hydrogen-bond acceptors (Lipinski definition) is 3. The summed E-state index contributed by atoms with van der Waals surface area (Å²) in [7, 11) is 0. The van der Waals surface area contributed by atoms with Crippen molar-refractivity contribution in [2.45, 2.75) is 12.6 Å². The number of thiophene rings is 1. The Labute approximate surface area is 126 Å². The third kappa shape index (κ3) is 3.45. The highest BCUT2D eigenvalue weighted by molar-refractivity contribution is 9.11. The van der Waals surface area contributed by atoms with Crippen LogP contribution < -0.4 is 0 Å². The maximum absolute atomic E-state index is 5.89. The lowest BCUT2D eigenvalue weighted by Crippen LogP contribution is -2.37. The molecular formula is C15H16BrNOS. The summed E-state index contributed by atoms with van der Waals surface area (Å²) in [4.78, 5) is 3.78. The van der Waals surface area contributed by atoms with E-state index in [1.54, 1.807) is 11.3 Å². The Bertz CT molecular complexity index is 528. The zero-order valence-corrected chi connectivity index (χ0v) is 13.0. The van der Waals surface area contributed by atoms with E-state index in [0.717, 1.165) is 26.2 Å². The first-order valence-electron chi connectivity index (χ1n) is 6.44. The van der Waals surface area contributed by atoms with Crippen LogP contribution in [0.5, 0.6) is 0 Å². The Kier molecular flexibility index (Phi) is 4.33. The molecule has 0 radical (unpaired) electrons. The van der Waals surface area contributed by atoms with Gasteiger partial charge in [0, 0.05) is 24.5 Å². The highest BCUT2D eigenvalue weighted by Gasteiger charge is 2.23. The molecule has 1 aromatic carbocycles. The van der Waals surface area contributed by atoms with Gasteiger partial charge in [0.1, 0.15) is 6.10 Å². The van der Waals surface area contributed by atoms with E-state index in [2.05, 4.69) is 63.3 Å². The zero-order valence-electron chi connectivity index (χ0n) is 10.6. The van der Waals surface area contributed by atoms with Crippen LogP contribution in [0.25, 0.3) is 0 Å². The lowest BCUT2D eigenvalue weighted by Gasteiger charge is -2.32. The number of rotatable bonds is 3. The number of morpholine rings is 1. The molecule has 0 spiro atoms. The monoisotopic (exact) mass is 337 g/mol. The van der Waals surface area contributed by atoms with Crippen molar-refractivity contribution >= 4 is 27.3 Å². The predicted molar refractivity (Wildman–Crippen MR) is 82.4 cm³/mol. The van der Waals surface area contributed by atoms with Gasteiger partial charge in [0.05, 0.1) is 10.4 Å². The van der Waals surface area contributed by atoms with Crippen LogP contribution in [0.2, 0.25) is 0 Å². The van der Waals surface area contributed by atoms with Gasteiger partial charge in [0.2, 0.25) is 0 Å². The third-order valence-corrected chi connectivity index (χ3v) is 5.03. The Balaban J connectivity index is 1.65. The van der Waals surface area contributed by atoms with Crippen molar-refractivity contribution in [3.63, 3.8) is 0 Å². The van der Waals surface area contributed by atoms with E-state index in [1.165, 1.54) is 14.2 Å². The minimum atomic E-state index is 0.216. The molecule has 1 atom stereocenters. The van der Waals surface area contributed by atoms with Crippen LogP contribution in [0.3, 0.4) is 0 Å². The van der Waals surface area contributed by atoms with E-state index in [4.69, 9.17) is 4.74 Å². The van der Waals surface area contributed by atoms with Crippen molar-refractivity contribution < 1.29 is 4.74 Å². The van der Waals surface area contributed by atoms with Crippen LogP contribution in [0, 0.1) is 0 Å². The van der Waals surface area contributed by atoms with Gasteiger partial charge in [-0.3, -0.25) is 4.90 Å². The van der Waals surface area contributed by atoms with Gasteiger partial charge in [0.15, 0.2) is 0 Å². The number of hydrogen-bond donors (Lipinski definition) is 0. The summed E-state index contributed by atoms with van der Waals surface area (Å²) in [6.07, 6.45) is 0.216. The SMILES string of the molecule is Brc1ccc(C2CN(Cc3ccccc3)CCO2)s1. The minimum Gasteiger partial charge on any atom is -0.370 e. The van der Waals surface area contributed by atoms with Crippen LogP contribution in [0.15, 0.2) is 46.3 Å². The Morgan fingerprint density at radius 2 is 2.05 bits per heavy atom. The van der Waals surface area contributed by atoms with Crippen molar-refractivity contribution in [3.05, 3.63) is 56.7 Å². The highest BCUT2D eigenvalue weighted by atomic mass is 79.9. The number of nitrogens with zero attached hydrogens (tertiary/aromatic N) is 1. The largest absolute Gasteiger partial charge is 0.370 e. The normalized spacial score (nSPS) is 20.6. The molecule has 3 rings (SSSR count). The topological polar surface area (TPSA) is 12.5 Å². The lowest BCUT2D eigenvalue weighted by atomic mass is 10.2. The van der Waals surface area contributed by atoms with Gasteiger partial charge in [-0.1, -0.05) is 30.3 Å². The molecule has 1 aromatic heterocycles. The van der Waals surface area contributed by atoms with E-state index in [1.807, 2.05) is 0 Å². The van der Waals surface area contributed by atoms with Gasteiger partial charge in [-0.2, -0.15) is 0 Å². The van der Waals surface area contributed by atoms with Crippen molar-refractivity contribution in [1.82, 2.24) is 4.90 Å². The molecule has 0 saturated carbocycles. The van der Waals surface area contributed by atoms with Gasteiger partial charge in [0.25, 0.3) is 0 Å². The summed E-state index contributed by atoms with van der Waals surface area (Å²) in [6, 6.07) is 14.9. The van der Waals surface area contributed by atoms with Gasteiger partial charge < -0.3 is 4.74 Å². The van der Waals surface area contributed by atoms with Crippen LogP contribution in [-0.2, 0) is 11.3 Å². The smallest absolute Gasteiger partial charge is 0.104 e. The van der Waals surface area contributed by atoms with Gasteiger partial charge >= 0.3 is 0 Å². The van der Waals surface area contributed by atoms with Crippen molar-refractivity contribution in [1.29, 1.82) is 0 Å². The maximum Gasteiger partial charge on any atom is 0.104 e. The van der Waals surface area contributed by atoms with Gasteiger partial charge in [-0.05, 0) is 33.6 Å². The summed E-state index contributed by atoms with van der Waals surface area (Å²) in [5, 5.41) is 0. The first-order valence-corrected chi connectivity index (χ1v) is 8.05. The fraction of sp³-hybridized carbons (Fsp3) is 0.333. The highest BCUT2D eigenvalue weighted by Crippen LogP contribution is 2.31. The average molecular weight is 338 g/mol. The third-order valence-electron chi connectivity index (χ3n) is 3.31. The molecule has 0 aliphatic carbocycles.